The number of carbonyl (C=O) groups is 2. The Hall–Kier alpha value is -1.08. The molecule has 1 aromatic carbocycles. The highest BCUT2D eigenvalue weighted by atomic mass is 79.9. The molecule has 1 saturated heterocycles. The number of imide groups is 1. The average molecular weight is 459 g/mol. The molecular weight excluding hydrogens is 442 g/mol. The van der Waals surface area contributed by atoms with Gasteiger partial charge in [-0.2, -0.15) is 0 Å². The smallest absolute Gasteiger partial charge is 0.238 e. The lowest BCUT2D eigenvalue weighted by Crippen LogP contribution is -2.37. The SMILES string of the molecule is COc1ccc(OC)c(N2C(=O)[C@@H]3[C@@H]4C[C@H]([C@H](Br)[C@@H]4Br)[C@@H]3C2=O)c1. The maximum absolute atomic E-state index is 13.1. The van der Waals surface area contributed by atoms with Gasteiger partial charge < -0.3 is 9.47 Å². The lowest BCUT2D eigenvalue weighted by atomic mass is 9.81. The first-order chi connectivity index (χ1) is 11.5. The first-order valence-electron chi connectivity index (χ1n) is 7.87. The largest absolute Gasteiger partial charge is 0.497 e. The fraction of sp³-hybridized carbons (Fsp3) is 0.529. The van der Waals surface area contributed by atoms with Crippen molar-refractivity contribution in [3.8, 4) is 11.5 Å². The number of ether oxygens (including phenoxy) is 2. The van der Waals surface area contributed by atoms with Gasteiger partial charge in [0.25, 0.3) is 0 Å². The van der Waals surface area contributed by atoms with Crippen molar-refractivity contribution < 1.29 is 19.1 Å². The number of carbonyl (C=O) groups excluding carboxylic acids is 2. The molecule has 0 N–H and O–H groups in total. The highest BCUT2D eigenvalue weighted by Crippen LogP contribution is 2.61. The van der Waals surface area contributed by atoms with Crippen molar-refractivity contribution in [1.29, 1.82) is 0 Å². The van der Waals surface area contributed by atoms with Gasteiger partial charge in [-0.3, -0.25) is 9.59 Å². The van der Waals surface area contributed by atoms with Crippen LogP contribution in [0.2, 0.25) is 0 Å². The molecule has 128 valence electrons. The Bertz CT molecular complexity index is 693. The van der Waals surface area contributed by atoms with Crippen molar-refractivity contribution in [2.24, 2.45) is 23.7 Å². The molecule has 0 radical (unpaired) electrons. The van der Waals surface area contributed by atoms with Gasteiger partial charge in [-0.25, -0.2) is 4.90 Å². The summed E-state index contributed by atoms with van der Waals surface area (Å²) >= 11 is 7.40. The summed E-state index contributed by atoms with van der Waals surface area (Å²) < 4.78 is 10.6. The van der Waals surface area contributed by atoms with E-state index >= 15 is 0 Å². The Morgan fingerprint density at radius 1 is 1.00 bits per heavy atom. The Morgan fingerprint density at radius 3 is 2.08 bits per heavy atom. The van der Waals surface area contributed by atoms with Gasteiger partial charge in [-0.15, -0.1) is 0 Å². The number of hydrogen-bond acceptors (Lipinski definition) is 4. The second kappa shape index (κ2) is 5.73. The van der Waals surface area contributed by atoms with Crippen LogP contribution in [0.3, 0.4) is 0 Å². The summed E-state index contributed by atoms with van der Waals surface area (Å²) in [5.41, 5.74) is 0.470. The van der Waals surface area contributed by atoms with Gasteiger partial charge >= 0.3 is 0 Å². The van der Waals surface area contributed by atoms with E-state index in [1.807, 2.05) is 0 Å². The number of benzene rings is 1. The van der Waals surface area contributed by atoms with Crippen LogP contribution in [-0.2, 0) is 9.59 Å². The Labute approximate surface area is 156 Å². The molecule has 2 amide bonds. The second-order valence-electron chi connectivity index (χ2n) is 6.55. The van der Waals surface area contributed by atoms with Gasteiger partial charge in [0.05, 0.1) is 31.7 Å². The maximum Gasteiger partial charge on any atom is 0.238 e. The van der Waals surface area contributed by atoms with Crippen LogP contribution in [0.1, 0.15) is 6.42 Å². The second-order valence-corrected chi connectivity index (χ2v) is 8.67. The summed E-state index contributed by atoms with van der Waals surface area (Å²) in [6.45, 7) is 0. The number of fused-ring (bicyclic) bond motifs is 5. The van der Waals surface area contributed by atoms with Crippen molar-refractivity contribution in [2.75, 3.05) is 19.1 Å². The number of rotatable bonds is 3. The molecule has 24 heavy (non-hydrogen) atoms. The summed E-state index contributed by atoms with van der Waals surface area (Å²) in [6, 6.07) is 5.16. The van der Waals surface area contributed by atoms with E-state index in [4.69, 9.17) is 9.47 Å². The third-order valence-electron chi connectivity index (χ3n) is 5.61. The van der Waals surface area contributed by atoms with Crippen LogP contribution in [0.25, 0.3) is 0 Å². The predicted molar refractivity (Wildman–Crippen MR) is 96.0 cm³/mol. The lowest BCUT2D eigenvalue weighted by molar-refractivity contribution is -0.123. The van der Waals surface area contributed by atoms with Crippen molar-refractivity contribution in [1.82, 2.24) is 0 Å². The molecule has 2 aliphatic carbocycles. The van der Waals surface area contributed by atoms with Crippen LogP contribution < -0.4 is 14.4 Å². The van der Waals surface area contributed by atoms with Crippen LogP contribution in [0.5, 0.6) is 11.5 Å². The third-order valence-corrected chi connectivity index (χ3v) is 8.82. The van der Waals surface area contributed by atoms with Crippen molar-refractivity contribution in [3.05, 3.63) is 18.2 Å². The fourth-order valence-corrected chi connectivity index (χ4v) is 6.43. The fourth-order valence-electron chi connectivity index (χ4n) is 4.56. The predicted octanol–water partition coefficient (Wildman–Crippen LogP) is 2.99. The maximum atomic E-state index is 13.1. The molecule has 3 fully saturated rings. The van der Waals surface area contributed by atoms with Gasteiger partial charge in [0.2, 0.25) is 11.8 Å². The minimum Gasteiger partial charge on any atom is -0.497 e. The molecule has 3 aliphatic rings. The number of anilines is 1. The number of nitrogens with zero attached hydrogens (tertiary/aromatic N) is 1. The molecule has 6 atom stereocenters. The first-order valence-corrected chi connectivity index (χ1v) is 9.70. The Balaban J connectivity index is 1.77. The summed E-state index contributed by atoms with van der Waals surface area (Å²) in [5.74, 6) is 0.762. The van der Waals surface area contributed by atoms with E-state index in [0.717, 1.165) is 6.42 Å². The van der Waals surface area contributed by atoms with E-state index in [1.165, 1.54) is 12.0 Å². The number of alkyl halides is 2. The molecule has 0 spiro atoms. The minimum atomic E-state index is -0.239. The standard InChI is InChI=1S/C17H17Br2NO4/c1-23-7-3-4-11(24-2)10(5-7)20-16(21)12-8-6-9(13(12)17(20)22)15(19)14(8)18/h3-5,8-9,12-15H,6H2,1-2H3/t8-,9-,12-,13+,14-,15+/m0/s1. The number of halogens is 2. The highest BCUT2D eigenvalue weighted by Gasteiger charge is 2.66. The zero-order valence-corrected chi connectivity index (χ0v) is 16.4. The zero-order chi connectivity index (χ0) is 17.2. The van der Waals surface area contributed by atoms with E-state index in [9.17, 15) is 9.59 Å². The van der Waals surface area contributed by atoms with Crippen LogP contribution in [0.4, 0.5) is 5.69 Å². The molecule has 2 bridgehead atoms. The van der Waals surface area contributed by atoms with Crippen LogP contribution in [0.15, 0.2) is 18.2 Å². The molecule has 4 rings (SSSR count). The molecule has 5 nitrogen and oxygen atoms in total. The summed E-state index contributed by atoms with van der Waals surface area (Å²) in [4.78, 5) is 27.9. The lowest BCUT2D eigenvalue weighted by Gasteiger charge is -2.28. The molecular formula is C17H17Br2NO4. The molecule has 7 heteroatoms. The number of hydrogen-bond donors (Lipinski definition) is 0. The number of amides is 2. The van der Waals surface area contributed by atoms with E-state index < -0.39 is 0 Å². The molecule has 0 unspecified atom stereocenters. The van der Waals surface area contributed by atoms with Gasteiger partial charge in [-0.1, -0.05) is 31.9 Å². The van der Waals surface area contributed by atoms with E-state index in [-0.39, 0.29) is 45.1 Å². The van der Waals surface area contributed by atoms with E-state index in [2.05, 4.69) is 31.9 Å². The molecule has 2 saturated carbocycles. The van der Waals surface area contributed by atoms with Crippen LogP contribution in [0, 0.1) is 23.7 Å². The van der Waals surface area contributed by atoms with Gasteiger partial charge in [0.1, 0.15) is 11.5 Å². The zero-order valence-electron chi connectivity index (χ0n) is 13.2. The Morgan fingerprint density at radius 2 is 1.58 bits per heavy atom. The van der Waals surface area contributed by atoms with Gasteiger partial charge in [0, 0.05) is 15.7 Å². The van der Waals surface area contributed by atoms with Crippen molar-refractivity contribution in [2.45, 2.75) is 16.1 Å². The first kappa shape index (κ1) is 16.4. The minimum absolute atomic E-state index is 0.118. The van der Waals surface area contributed by atoms with E-state index in [0.29, 0.717) is 17.2 Å². The quantitative estimate of drug-likeness (QED) is 0.516. The van der Waals surface area contributed by atoms with Crippen LogP contribution in [-0.4, -0.2) is 35.7 Å². The topological polar surface area (TPSA) is 55.8 Å². The molecule has 1 heterocycles. The number of methoxy groups -OCH3 is 2. The van der Waals surface area contributed by atoms with Crippen LogP contribution >= 0.6 is 31.9 Å². The Kier molecular flexibility index (Phi) is 3.91. The summed E-state index contributed by atoms with van der Waals surface area (Å²) in [7, 11) is 3.09. The normalized spacial score (nSPS) is 37.1. The average Bonchev–Trinajstić information content (AvgIpc) is 3.19. The van der Waals surface area contributed by atoms with Crippen molar-refractivity contribution >= 4 is 49.4 Å². The van der Waals surface area contributed by atoms with Gasteiger partial charge in [-0.05, 0) is 30.4 Å². The summed E-state index contributed by atoms with van der Waals surface area (Å²) in [6.07, 6.45) is 0.918. The summed E-state index contributed by atoms with van der Waals surface area (Å²) in [5, 5.41) is 0. The molecule has 1 aromatic rings. The highest BCUT2D eigenvalue weighted by molar-refractivity contribution is 9.12. The monoisotopic (exact) mass is 457 g/mol. The third kappa shape index (κ3) is 2.03. The van der Waals surface area contributed by atoms with E-state index in [1.54, 1.807) is 25.3 Å². The van der Waals surface area contributed by atoms with Gasteiger partial charge in [0.15, 0.2) is 0 Å². The molecule has 0 aromatic heterocycles. The van der Waals surface area contributed by atoms with Crippen molar-refractivity contribution in [3.63, 3.8) is 0 Å². The molecule has 1 aliphatic heterocycles.